The molecule has 0 saturated carbocycles. The zero-order valence-corrected chi connectivity index (χ0v) is 6.54. The number of rotatable bonds is 5. The van der Waals surface area contributed by atoms with Gasteiger partial charge in [0.1, 0.15) is 6.29 Å². The van der Waals surface area contributed by atoms with Crippen molar-refractivity contribution in [2.24, 2.45) is 0 Å². The SMILES string of the molecule is CC(=CCCCC=O)C(=O)O. The van der Waals surface area contributed by atoms with Gasteiger partial charge >= 0.3 is 5.97 Å². The highest BCUT2D eigenvalue weighted by Gasteiger charge is 1.96. The van der Waals surface area contributed by atoms with Gasteiger partial charge in [0.05, 0.1) is 0 Å². The summed E-state index contributed by atoms with van der Waals surface area (Å²) in [6.45, 7) is 1.54. The van der Waals surface area contributed by atoms with Gasteiger partial charge in [-0.05, 0) is 19.8 Å². The van der Waals surface area contributed by atoms with E-state index in [4.69, 9.17) is 5.11 Å². The molecule has 0 radical (unpaired) electrons. The topological polar surface area (TPSA) is 54.4 Å². The molecular formula is C8H12O3. The van der Waals surface area contributed by atoms with Crippen molar-refractivity contribution in [1.29, 1.82) is 0 Å². The second-order valence-corrected chi connectivity index (χ2v) is 2.29. The van der Waals surface area contributed by atoms with E-state index in [1.54, 1.807) is 13.0 Å². The molecule has 0 aromatic carbocycles. The number of carbonyl (C=O) groups is 2. The fraction of sp³-hybridized carbons (Fsp3) is 0.500. The maximum atomic E-state index is 10.2. The number of hydrogen-bond acceptors (Lipinski definition) is 2. The zero-order valence-electron chi connectivity index (χ0n) is 6.54. The van der Waals surface area contributed by atoms with E-state index in [1.807, 2.05) is 0 Å². The van der Waals surface area contributed by atoms with Gasteiger partial charge < -0.3 is 9.90 Å². The van der Waals surface area contributed by atoms with Crippen molar-refractivity contribution >= 4 is 12.3 Å². The van der Waals surface area contributed by atoms with Gasteiger partial charge in [0.25, 0.3) is 0 Å². The Labute approximate surface area is 65.7 Å². The van der Waals surface area contributed by atoms with Crippen LogP contribution in [0, 0.1) is 0 Å². The van der Waals surface area contributed by atoms with Gasteiger partial charge in [-0.1, -0.05) is 6.08 Å². The summed E-state index contributed by atoms with van der Waals surface area (Å²) in [6.07, 6.45) is 4.37. The summed E-state index contributed by atoms with van der Waals surface area (Å²) in [4.78, 5) is 20.1. The molecule has 1 N–H and O–H groups in total. The highest BCUT2D eigenvalue weighted by atomic mass is 16.4. The Morgan fingerprint density at radius 2 is 2.09 bits per heavy atom. The number of aldehydes is 1. The lowest BCUT2D eigenvalue weighted by Crippen LogP contribution is -1.95. The number of allylic oxidation sites excluding steroid dienone is 1. The molecule has 0 aliphatic carbocycles. The predicted octanol–water partition coefficient (Wildman–Crippen LogP) is 1.39. The Bertz CT molecular complexity index is 170. The summed E-state index contributed by atoms with van der Waals surface area (Å²) in [6, 6.07) is 0. The lowest BCUT2D eigenvalue weighted by molar-refractivity contribution is -0.132. The maximum Gasteiger partial charge on any atom is 0.330 e. The van der Waals surface area contributed by atoms with Crippen LogP contribution in [-0.2, 0) is 9.59 Å². The van der Waals surface area contributed by atoms with Gasteiger partial charge in [-0.2, -0.15) is 0 Å². The van der Waals surface area contributed by atoms with Crippen molar-refractivity contribution in [3.05, 3.63) is 11.6 Å². The third-order valence-corrected chi connectivity index (χ3v) is 1.31. The van der Waals surface area contributed by atoms with Crippen LogP contribution in [0.25, 0.3) is 0 Å². The van der Waals surface area contributed by atoms with E-state index >= 15 is 0 Å². The van der Waals surface area contributed by atoms with Gasteiger partial charge in [0.15, 0.2) is 0 Å². The minimum absolute atomic E-state index is 0.343. The second-order valence-electron chi connectivity index (χ2n) is 2.29. The van der Waals surface area contributed by atoms with Gasteiger partial charge in [-0.25, -0.2) is 4.79 Å². The number of hydrogen-bond donors (Lipinski definition) is 1. The molecule has 0 bridgehead atoms. The van der Waals surface area contributed by atoms with Crippen molar-refractivity contribution in [1.82, 2.24) is 0 Å². The molecule has 0 spiro atoms. The van der Waals surface area contributed by atoms with Gasteiger partial charge in [-0.15, -0.1) is 0 Å². The molecular weight excluding hydrogens is 144 g/mol. The molecule has 0 fully saturated rings. The molecule has 0 aromatic rings. The van der Waals surface area contributed by atoms with Crippen molar-refractivity contribution in [2.45, 2.75) is 26.2 Å². The number of aliphatic carboxylic acids is 1. The molecule has 0 amide bonds. The average Bonchev–Trinajstić information content (AvgIpc) is 1.97. The second kappa shape index (κ2) is 5.65. The van der Waals surface area contributed by atoms with Crippen molar-refractivity contribution in [3.63, 3.8) is 0 Å². The lowest BCUT2D eigenvalue weighted by Gasteiger charge is -1.91. The van der Waals surface area contributed by atoms with Crippen LogP contribution in [0.15, 0.2) is 11.6 Å². The molecule has 0 aliphatic heterocycles. The van der Waals surface area contributed by atoms with E-state index in [0.717, 1.165) is 12.7 Å². The van der Waals surface area contributed by atoms with Crippen LogP contribution in [0.4, 0.5) is 0 Å². The Morgan fingerprint density at radius 3 is 2.55 bits per heavy atom. The first-order chi connectivity index (χ1) is 5.18. The summed E-state index contributed by atoms with van der Waals surface area (Å²) in [5.74, 6) is -0.892. The van der Waals surface area contributed by atoms with E-state index in [0.29, 0.717) is 18.4 Å². The van der Waals surface area contributed by atoms with E-state index in [9.17, 15) is 9.59 Å². The highest BCUT2D eigenvalue weighted by Crippen LogP contribution is 1.99. The molecule has 0 saturated heterocycles. The molecule has 0 aliphatic rings. The molecule has 0 atom stereocenters. The van der Waals surface area contributed by atoms with Crippen LogP contribution in [-0.4, -0.2) is 17.4 Å². The summed E-state index contributed by atoms with van der Waals surface area (Å²) >= 11 is 0. The number of carboxylic acids is 1. The largest absolute Gasteiger partial charge is 0.478 e. The third kappa shape index (κ3) is 5.33. The van der Waals surface area contributed by atoms with Crippen molar-refractivity contribution in [3.8, 4) is 0 Å². The zero-order chi connectivity index (χ0) is 8.69. The summed E-state index contributed by atoms with van der Waals surface area (Å²) in [5.41, 5.74) is 0.343. The molecule has 0 rings (SSSR count). The fourth-order valence-electron chi connectivity index (χ4n) is 0.607. The van der Waals surface area contributed by atoms with Crippen LogP contribution >= 0.6 is 0 Å². The standard InChI is InChI=1S/C8H12O3/c1-7(8(10)11)5-3-2-4-6-9/h5-6H,2-4H2,1H3,(H,10,11). The first-order valence-corrected chi connectivity index (χ1v) is 3.52. The van der Waals surface area contributed by atoms with Crippen LogP contribution in [0.2, 0.25) is 0 Å². The first-order valence-electron chi connectivity index (χ1n) is 3.52. The molecule has 0 unspecified atom stereocenters. The number of carboxylic acid groups (broad SMARTS) is 1. The molecule has 11 heavy (non-hydrogen) atoms. The van der Waals surface area contributed by atoms with E-state index in [1.165, 1.54) is 0 Å². The quantitative estimate of drug-likeness (QED) is 0.371. The van der Waals surface area contributed by atoms with E-state index in [2.05, 4.69) is 0 Å². The maximum absolute atomic E-state index is 10.2. The predicted molar refractivity (Wildman–Crippen MR) is 41.3 cm³/mol. The monoisotopic (exact) mass is 156 g/mol. The Hall–Kier alpha value is -1.12. The minimum atomic E-state index is -0.892. The smallest absolute Gasteiger partial charge is 0.330 e. The lowest BCUT2D eigenvalue weighted by atomic mass is 10.2. The van der Waals surface area contributed by atoms with E-state index in [-0.39, 0.29) is 0 Å². The molecule has 0 heterocycles. The summed E-state index contributed by atoms with van der Waals surface area (Å²) < 4.78 is 0. The number of carbonyl (C=O) groups excluding carboxylic acids is 1. The molecule has 3 heteroatoms. The van der Waals surface area contributed by atoms with Crippen LogP contribution in [0.3, 0.4) is 0 Å². The van der Waals surface area contributed by atoms with Crippen LogP contribution < -0.4 is 0 Å². The fourth-order valence-corrected chi connectivity index (χ4v) is 0.607. The molecule has 0 aromatic heterocycles. The van der Waals surface area contributed by atoms with Gasteiger partial charge in [-0.3, -0.25) is 0 Å². The third-order valence-electron chi connectivity index (χ3n) is 1.31. The Kier molecular flexibility index (Phi) is 5.07. The van der Waals surface area contributed by atoms with E-state index < -0.39 is 5.97 Å². The van der Waals surface area contributed by atoms with Crippen LogP contribution in [0.5, 0.6) is 0 Å². The van der Waals surface area contributed by atoms with Crippen molar-refractivity contribution < 1.29 is 14.7 Å². The molecule has 62 valence electrons. The van der Waals surface area contributed by atoms with Crippen molar-refractivity contribution in [2.75, 3.05) is 0 Å². The summed E-state index contributed by atoms with van der Waals surface area (Å²) in [7, 11) is 0. The van der Waals surface area contributed by atoms with Gasteiger partial charge in [0.2, 0.25) is 0 Å². The minimum Gasteiger partial charge on any atom is -0.478 e. The molecule has 3 nitrogen and oxygen atoms in total. The first kappa shape index (κ1) is 9.88. The average molecular weight is 156 g/mol. The highest BCUT2D eigenvalue weighted by molar-refractivity contribution is 5.85. The Morgan fingerprint density at radius 1 is 1.45 bits per heavy atom. The number of unbranched alkanes of at least 4 members (excludes halogenated alkanes) is 2. The normalized spacial score (nSPS) is 11.2. The summed E-state index contributed by atoms with van der Waals surface area (Å²) in [5, 5.41) is 8.40. The van der Waals surface area contributed by atoms with Crippen LogP contribution in [0.1, 0.15) is 26.2 Å². The van der Waals surface area contributed by atoms with Gasteiger partial charge in [0, 0.05) is 12.0 Å². The Balaban J connectivity index is 3.56.